The predicted octanol–water partition coefficient (Wildman–Crippen LogP) is 13.4. The molecule has 3 aromatic heterocycles. The summed E-state index contributed by atoms with van der Waals surface area (Å²) < 4.78 is 23.2. The van der Waals surface area contributed by atoms with Crippen LogP contribution in [-0.4, -0.2) is 27.8 Å². The van der Waals surface area contributed by atoms with Gasteiger partial charge >= 0.3 is 128 Å². The molecule has 0 bridgehead atoms. The second-order valence-corrected chi connectivity index (χ2v) is 27.7. The SMILES string of the molecule is CC(C)c1cccc(C(C)C)c1-n1c(-c2[c-]cc3sc4ccccc4c3c2)nc2ccccc21.[2H]C([2H])(c1cc(-c2[c-]cccc2)nc[c]1[Ge]([CH3])([CH3])[CH3])C(C)C.[Ir]. The summed E-state index contributed by atoms with van der Waals surface area (Å²) in [6, 6.07) is 44.7. The topological polar surface area (TPSA) is 30.7 Å². The zero-order valence-corrected chi connectivity index (χ0v) is 38.6. The Morgan fingerprint density at radius 2 is 1.44 bits per heavy atom. The van der Waals surface area contributed by atoms with Gasteiger partial charge in [0.15, 0.2) is 0 Å². The Kier molecular flexibility index (Phi) is 11.8. The normalized spacial score (nSPS) is 12.6. The minimum absolute atomic E-state index is 0. The van der Waals surface area contributed by atoms with Crippen molar-refractivity contribution in [3.8, 4) is 28.3 Å². The number of imidazole rings is 1. The fourth-order valence-electron chi connectivity index (χ4n) is 7.19. The quantitative estimate of drug-likeness (QED) is 0.112. The molecule has 0 atom stereocenters. The van der Waals surface area contributed by atoms with Crippen molar-refractivity contribution in [3.05, 3.63) is 144 Å². The summed E-state index contributed by atoms with van der Waals surface area (Å²) in [5.41, 5.74) is 9.66. The molecular formula is C49H51GeIrN3S-2. The van der Waals surface area contributed by atoms with Crippen LogP contribution in [0.5, 0.6) is 0 Å². The minimum atomic E-state index is -2.20. The number of pyridine rings is 1. The van der Waals surface area contributed by atoms with E-state index in [2.05, 4.69) is 146 Å². The van der Waals surface area contributed by atoms with Crippen molar-refractivity contribution in [1.29, 1.82) is 0 Å². The molecule has 0 aliphatic rings. The largest absolute Gasteiger partial charge is 0 e. The number of hydrogen-bond donors (Lipinski definition) is 0. The van der Waals surface area contributed by atoms with Gasteiger partial charge in [0, 0.05) is 30.5 Å². The monoisotopic (exact) mass is 982 g/mol. The van der Waals surface area contributed by atoms with Gasteiger partial charge in [0.1, 0.15) is 0 Å². The van der Waals surface area contributed by atoms with Gasteiger partial charge in [0.05, 0.1) is 16.9 Å². The summed E-state index contributed by atoms with van der Waals surface area (Å²) in [4.78, 5) is 9.76. The van der Waals surface area contributed by atoms with Gasteiger partial charge in [-0.1, -0.05) is 81.6 Å². The third kappa shape index (κ3) is 8.61. The zero-order valence-electron chi connectivity index (χ0n) is 35.3. The van der Waals surface area contributed by atoms with Gasteiger partial charge < -0.3 is 4.57 Å². The van der Waals surface area contributed by atoms with E-state index in [9.17, 15) is 0 Å². The van der Waals surface area contributed by atoms with Gasteiger partial charge in [-0.3, -0.25) is 4.98 Å². The molecule has 0 aliphatic carbocycles. The summed E-state index contributed by atoms with van der Waals surface area (Å²) >= 11 is -0.377. The number of thiophene rings is 1. The molecular weight excluding hydrogens is 927 g/mol. The molecule has 0 aliphatic heterocycles. The molecule has 0 amide bonds. The Balaban J connectivity index is 0.000000208. The van der Waals surface area contributed by atoms with Gasteiger partial charge in [0.25, 0.3) is 0 Å². The average Bonchev–Trinajstić information content (AvgIpc) is 3.76. The molecule has 3 heterocycles. The fraction of sp³-hybridized carbons (Fsp3) is 0.265. The Morgan fingerprint density at radius 1 is 0.745 bits per heavy atom. The van der Waals surface area contributed by atoms with E-state index in [0.717, 1.165) is 43.6 Å². The summed E-state index contributed by atoms with van der Waals surface area (Å²) in [6.45, 7) is 13.0. The maximum Gasteiger partial charge on any atom is 0 e. The van der Waals surface area contributed by atoms with Gasteiger partial charge in [-0.25, -0.2) is 0 Å². The van der Waals surface area contributed by atoms with Crippen LogP contribution in [0.3, 0.4) is 0 Å². The first-order chi connectivity index (χ1) is 26.7. The second kappa shape index (κ2) is 17.1. The van der Waals surface area contributed by atoms with Crippen molar-refractivity contribution < 1.29 is 22.8 Å². The Labute approximate surface area is 350 Å². The number of nitrogens with zero attached hydrogens (tertiary/aromatic N) is 3. The van der Waals surface area contributed by atoms with Crippen molar-refractivity contribution >= 4 is 60.2 Å². The van der Waals surface area contributed by atoms with Gasteiger partial charge in [-0.2, -0.15) is 11.3 Å². The summed E-state index contributed by atoms with van der Waals surface area (Å²) in [7, 11) is 0. The molecule has 55 heavy (non-hydrogen) atoms. The number of fused-ring (bicyclic) bond motifs is 4. The van der Waals surface area contributed by atoms with Crippen LogP contribution < -0.4 is 4.40 Å². The molecule has 1 radical (unpaired) electrons. The number of aromatic nitrogens is 3. The molecule has 0 fully saturated rings. The third-order valence-electron chi connectivity index (χ3n) is 9.82. The average molecular weight is 981 g/mol. The van der Waals surface area contributed by atoms with Crippen molar-refractivity contribution in [2.75, 3.05) is 0 Å². The fourth-order valence-corrected chi connectivity index (χ4v) is 11.2. The van der Waals surface area contributed by atoms with E-state index in [-0.39, 0.29) is 26.0 Å². The number of rotatable bonds is 8. The first-order valence-corrected chi connectivity index (χ1v) is 27.2. The van der Waals surface area contributed by atoms with E-state index in [1.54, 1.807) is 0 Å². The van der Waals surface area contributed by atoms with E-state index >= 15 is 0 Å². The molecule has 0 spiro atoms. The molecule has 0 N–H and O–H groups in total. The van der Waals surface area contributed by atoms with Crippen LogP contribution in [0.15, 0.2) is 115 Å². The molecule has 0 saturated heterocycles. The van der Waals surface area contributed by atoms with Crippen LogP contribution in [0, 0.1) is 18.1 Å². The first kappa shape index (κ1) is 38.0. The van der Waals surface area contributed by atoms with Crippen LogP contribution in [0.1, 0.15) is 72.8 Å². The summed E-state index contributed by atoms with van der Waals surface area (Å²) in [5, 5.41) is 2.57. The van der Waals surface area contributed by atoms with Crippen molar-refractivity contribution in [3.63, 3.8) is 0 Å². The Bertz CT molecular complexity index is 2630. The molecule has 0 saturated carbocycles. The standard InChI is InChI=1S/C31H27N2S.C18H24GeN.Ir/c1-19(2)22-11-9-12-23(20(3)4)30(22)33-27-14-7-6-13-26(27)32-31(33)21-16-17-29-25(18-21)24-10-5-8-15-28(24)34-29;1-14(2)11-16-12-18(15-9-7-6-8-10-15)20-13-17(16)19(3,4)5;/h5-15,17-20H,1-4H3;6-9,12-14H,11H2,1-5H3;/q2*-1;/i;11D2;. The minimum Gasteiger partial charge on any atom is 0 e. The van der Waals surface area contributed by atoms with Gasteiger partial charge in [0.2, 0.25) is 0 Å². The molecule has 0 unspecified atom stereocenters. The van der Waals surface area contributed by atoms with Crippen LogP contribution in [-0.2, 0) is 26.5 Å². The van der Waals surface area contributed by atoms with Crippen molar-refractivity contribution in [2.45, 2.75) is 77.0 Å². The number of hydrogen-bond acceptors (Lipinski definition) is 3. The molecule has 8 aromatic rings. The summed E-state index contributed by atoms with van der Waals surface area (Å²) in [6.07, 6.45) is 0.562. The predicted molar refractivity (Wildman–Crippen MR) is 236 cm³/mol. The van der Waals surface area contributed by atoms with Crippen LogP contribution in [0.4, 0.5) is 0 Å². The van der Waals surface area contributed by atoms with E-state index < -0.39 is 19.6 Å². The van der Waals surface area contributed by atoms with Crippen LogP contribution in [0.25, 0.3) is 59.5 Å². The first-order valence-electron chi connectivity index (χ1n) is 20.1. The van der Waals surface area contributed by atoms with Crippen molar-refractivity contribution in [1.82, 2.24) is 14.5 Å². The summed E-state index contributed by atoms with van der Waals surface area (Å²) in [5.74, 6) is 8.52. The molecule has 6 heteroatoms. The second-order valence-electron chi connectivity index (χ2n) is 16.0. The van der Waals surface area contributed by atoms with E-state index in [1.165, 1.54) is 37.0 Å². The number of benzene rings is 5. The van der Waals surface area contributed by atoms with Crippen LogP contribution in [0.2, 0.25) is 17.3 Å². The smallest absolute Gasteiger partial charge is 0 e. The van der Waals surface area contributed by atoms with Crippen LogP contribution >= 0.6 is 11.3 Å². The molecule has 8 rings (SSSR count). The number of para-hydroxylation sites is 3. The maximum absolute atomic E-state index is 8.56. The Hall–Kier alpha value is -3.87. The Morgan fingerprint density at radius 3 is 2.11 bits per heavy atom. The van der Waals surface area contributed by atoms with Gasteiger partial charge in [-0.05, 0) is 51.2 Å². The molecule has 3 nitrogen and oxygen atoms in total. The zero-order chi connectivity index (χ0) is 39.9. The van der Waals surface area contributed by atoms with Gasteiger partial charge in [-0.15, -0.1) is 23.8 Å². The maximum atomic E-state index is 8.56. The molecule has 5 aromatic carbocycles. The van der Waals surface area contributed by atoms with Crippen molar-refractivity contribution in [2.24, 2.45) is 5.92 Å². The van der Waals surface area contributed by atoms with E-state index in [0.29, 0.717) is 11.8 Å². The van der Waals surface area contributed by atoms with E-state index in [4.69, 9.17) is 7.73 Å². The molecule has 283 valence electrons. The third-order valence-corrected chi connectivity index (χ3v) is 15.2. The van der Waals surface area contributed by atoms with E-state index in [1.807, 2.05) is 61.7 Å².